The van der Waals surface area contributed by atoms with Crippen LogP contribution in [0.2, 0.25) is 10.3 Å². The van der Waals surface area contributed by atoms with Gasteiger partial charge in [-0.2, -0.15) is 0 Å². The molecule has 12 heavy (non-hydrogen) atoms. The van der Waals surface area contributed by atoms with Crippen LogP contribution in [0.4, 0.5) is 0 Å². The molecule has 1 rings (SSSR count). The van der Waals surface area contributed by atoms with Crippen molar-refractivity contribution in [3.05, 3.63) is 14.8 Å². The SMILES string of the molecule is CS(=O)c1nc(Cl)c(Br)c(Cl)n1. The standard InChI is InChI=1S/C5H3BrCl2N2OS/c1-12(11)5-9-3(7)2(6)4(8)10-5/h1H3. The Labute approximate surface area is 90.1 Å². The van der Waals surface area contributed by atoms with Gasteiger partial charge in [-0.05, 0) is 15.9 Å². The van der Waals surface area contributed by atoms with Gasteiger partial charge >= 0.3 is 0 Å². The minimum Gasteiger partial charge on any atom is -0.251 e. The summed E-state index contributed by atoms with van der Waals surface area (Å²) < 4.78 is 11.3. The maximum atomic E-state index is 10.9. The number of nitrogens with zero attached hydrogens (tertiary/aromatic N) is 2. The highest BCUT2D eigenvalue weighted by Gasteiger charge is 2.10. The molecular weight excluding hydrogens is 287 g/mol. The van der Waals surface area contributed by atoms with E-state index >= 15 is 0 Å². The second kappa shape index (κ2) is 4.00. The average Bonchev–Trinajstić information content (AvgIpc) is 1.99. The maximum Gasteiger partial charge on any atom is 0.221 e. The lowest BCUT2D eigenvalue weighted by Gasteiger charge is -1.99. The van der Waals surface area contributed by atoms with Crippen LogP contribution in [0.3, 0.4) is 0 Å². The van der Waals surface area contributed by atoms with Gasteiger partial charge in [-0.3, -0.25) is 4.21 Å². The predicted molar refractivity (Wildman–Crippen MR) is 52.1 cm³/mol. The normalized spacial score (nSPS) is 13.0. The number of rotatable bonds is 1. The summed E-state index contributed by atoms with van der Waals surface area (Å²) in [4.78, 5) is 7.51. The Morgan fingerprint density at radius 1 is 1.33 bits per heavy atom. The fraction of sp³-hybridized carbons (Fsp3) is 0.200. The van der Waals surface area contributed by atoms with E-state index in [0.29, 0.717) is 4.47 Å². The van der Waals surface area contributed by atoms with Crippen LogP contribution in [0.25, 0.3) is 0 Å². The van der Waals surface area contributed by atoms with Crippen molar-refractivity contribution in [3.63, 3.8) is 0 Å². The minimum absolute atomic E-state index is 0.133. The highest BCUT2D eigenvalue weighted by Crippen LogP contribution is 2.27. The van der Waals surface area contributed by atoms with E-state index in [1.165, 1.54) is 6.26 Å². The molecule has 0 N–H and O–H groups in total. The van der Waals surface area contributed by atoms with Crippen LogP contribution in [0, 0.1) is 0 Å². The first-order chi connectivity index (χ1) is 5.52. The van der Waals surface area contributed by atoms with Gasteiger partial charge < -0.3 is 0 Å². The van der Waals surface area contributed by atoms with E-state index in [4.69, 9.17) is 23.2 Å². The van der Waals surface area contributed by atoms with E-state index < -0.39 is 10.8 Å². The molecule has 0 aliphatic carbocycles. The number of aromatic nitrogens is 2. The molecule has 1 unspecified atom stereocenters. The summed E-state index contributed by atoms with van der Waals surface area (Å²) in [5.41, 5.74) is 0. The average molecular weight is 290 g/mol. The molecule has 1 aromatic heterocycles. The van der Waals surface area contributed by atoms with Crippen LogP contribution in [0.5, 0.6) is 0 Å². The van der Waals surface area contributed by atoms with Crippen molar-refractivity contribution in [2.24, 2.45) is 0 Å². The number of halogens is 3. The van der Waals surface area contributed by atoms with Crippen molar-refractivity contribution in [3.8, 4) is 0 Å². The molecule has 1 aromatic rings. The third-order valence-corrected chi connectivity index (χ3v) is 3.46. The summed E-state index contributed by atoms with van der Waals surface area (Å²) in [5, 5.41) is 0.466. The summed E-state index contributed by atoms with van der Waals surface area (Å²) in [6, 6.07) is 0. The first kappa shape index (κ1) is 10.4. The third kappa shape index (κ3) is 2.16. The molecule has 0 fully saturated rings. The lowest BCUT2D eigenvalue weighted by Crippen LogP contribution is -1.98. The van der Waals surface area contributed by atoms with E-state index in [-0.39, 0.29) is 15.5 Å². The van der Waals surface area contributed by atoms with Gasteiger partial charge in [0.1, 0.15) is 10.3 Å². The van der Waals surface area contributed by atoms with E-state index in [0.717, 1.165) is 0 Å². The highest BCUT2D eigenvalue weighted by atomic mass is 79.9. The molecular formula is C5H3BrCl2N2OS. The molecule has 3 nitrogen and oxygen atoms in total. The van der Waals surface area contributed by atoms with Crippen LogP contribution in [-0.2, 0) is 10.8 Å². The third-order valence-electron chi connectivity index (χ3n) is 1.01. The van der Waals surface area contributed by atoms with Crippen LogP contribution in [0.15, 0.2) is 9.63 Å². The van der Waals surface area contributed by atoms with Crippen LogP contribution < -0.4 is 0 Å². The van der Waals surface area contributed by atoms with Crippen molar-refractivity contribution in [2.75, 3.05) is 6.26 Å². The molecule has 0 saturated heterocycles. The van der Waals surface area contributed by atoms with Crippen molar-refractivity contribution < 1.29 is 4.21 Å². The quantitative estimate of drug-likeness (QED) is 0.588. The molecule has 0 saturated carbocycles. The van der Waals surface area contributed by atoms with E-state index in [9.17, 15) is 4.21 Å². The molecule has 0 bridgehead atoms. The molecule has 66 valence electrons. The summed E-state index contributed by atoms with van der Waals surface area (Å²) in [5.74, 6) is 0. The second-order valence-corrected chi connectivity index (χ2v) is 4.64. The van der Waals surface area contributed by atoms with Crippen molar-refractivity contribution in [1.29, 1.82) is 0 Å². The van der Waals surface area contributed by atoms with E-state index in [1.807, 2.05) is 0 Å². The molecule has 0 spiro atoms. The van der Waals surface area contributed by atoms with E-state index in [1.54, 1.807) is 0 Å². The summed E-state index contributed by atoms with van der Waals surface area (Å²) >= 11 is 14.4. The predicted octanol–water partition coefficient (Wildman–Crippen LogP) is 2.28. The summed E-state index contributed by atoms with van der Waals surface area (Å²) in [6.07, 6.45) is 1.45. The van der Waals surface area contributed by atoms with Crippen molar-refractivity contribution in [1.82, 2.24) is 9.97 Å². The largest absolute Gasteiger partial charge is 0.251 e. The minimum atomic E-state index is -1.27. The second-order valence-electron chi connectivity index (χ2n) is 1.86. The summed E-state index contributed by atoms with van der Waals surface area (Å²) in [7, 11) is -1.27. The van der Waals surface area contributed by atoms with Gasteiger partial charge in [0, 0.05) is 6.26 Å². The zero-order chi connectivity index (χ0) is 9.30. The Morgan fingerprint density at radius 2 is 1.75 bits per heavy atom. The highest BCUT2D eigenvalue weighted by molar-refractivity contribution is 9.10. The monoisotopic (exact) mass is 288 g/mol. The molecule has 1 atom stereocenters. The zero-order valence-electron chi connectivity index (χ0n) is 5.84. The summed E-state index contributed by atoms with van der Waals surface area (Å²) in [6.45, 7) is 0. The van der Waals surface area contributed by atoms with Gasteiger partial charge in [0.05, 0.1) is 15.3 Å². The van der Waals surface area contributed by atoms with Crippen LogP contribution in [0.1, 0.15) is 0 Å². The molecule has 7 heteroatoms. The Bertz CT molecular complexity index is 323. The van der Waals surface area contributed by atoms with Gasteiger partial charge in [0.2, 0.25) is 5.16 Å². The molecule has 0 radical (unpaired) electrons. The van der Waals surface area contributed by atoms with Crippen molar-refractivity contribution >= 4 is 49.9 Å². The lowest BCUT2D eigenvalue weighted by molar-refractivity contribution is 0.679. The Balaban J connectivity index is 3.31. The Hall–Kier alpha value is 0.290. The fourth-order valence-electron chi connectivity index (χ4n) is 0.505. The van der Waals surface area contributed by atoms with Crippen molar-refractivity contribution in [2.45, 2.75) is 5.16 Å². The first-order valence-corrected chi connectivity index (χ1v) is 5.85. The fourth-order valence-corrected chi connectivity index (χ4v) is 1.61. The molecule has 1 heterocycles. The number of hydrogen-bond donors (Lipinski definition) is 0. The number of hydrogen-bond acceptors (Lipinski definition) is 3. The van der Waals surface area contributed by atoms with Crippen LogP contribution in [-0.4, -0.2) is 20.4 Å². The maximum absolute atomic E-state index is 10.9. The lowest BCUT2D eigenvalue weighted by atomic mass is 10.7. The first-order valence-electron chi connectivity index (χ1n) is 2.74. The zero-order valence-corrected chi connectivity index (χ0v) is 9.76. The van der Waals surface area contributed by atoms with Gasteiger partial charge in [-0.1, -0.05) is 23.2 Å². The smallest absolute Gasteiger partial charge is 0.221 e. The molecule has 0 amide bonds. The van der Waals surface area contributed by atoms with Gasteiger partial charge in [-0.15, -0.1) is 0 Å². The van der Waals surface area contributed by atoms with Gasteiger partial charge in [0.25, 0.3) is 0 Å². The van der Waals surface area contributed by atoms with E-state index in [2.05, 4.69) is 25.9 Å². The molecule has 0 aliphatic heterocycles. The van der Waals surface area contributed by atoms with Gasteiger partial charge in [0.15, 0.2) is 0 Å². The molecule has 0 aromatic carbocycles. The molecule has 0 aliphatic rings. The van der Waals surface area contributed by atoms with Gasteiger partial charge in [-0.25, -0.2) is 9.97 Å². The Morgan fingerprint density at radius 3 is 2.08 bits per heavy atom. The Kier molecular flexibility index (Phi) is 3.46. The topological polar surface area (TPSA) is 42.9 Å². The van der Waals surface area contributed by atoms with Crippen LogP contribution >= 0.6 is 39.1 Å².